The van der Waals surface area contributed by atoms with Gasteiger partial charge < -0.3 is 4.90 Å². The van der Waals surface area contributed by atoms with Gasteiger partial charge in [0, 0.05) is 6.04 Å². The van der Waals surface area contributed by atoms with Crippen molar-refractivity contribution >= 4 is 11.3 Å². The Kier molecular flexibility index (Phi) is 16.8. The molecule has 0 bridgehead atoms. The van der Waals surface area contributed by atoms with Gasteiger partial charge in [0.1, 0.15) is 0 Å². The highest BCUT2D eigenvalue weighted by Gasteiger charge is 2.31. The van der Waals surface area contributed by atoms with Gasteiger partial charge in [0.05, 0.1) is 0 Å². The molecule has 1 aliphatic heterocycles. The van der Waals surface area contributed by atoms with Gasteiger partial charge in [-0.05, 0) is 48.0 Å². The third kappa shape index (κ3) is 19.6. The number of hydrogen-bond acceptors (Lipinski definition) is 2. The lowest BCUT2D eigenvalue weighted by atomic mass is 9.85. The number of nitrogens with zero attached hydrogens (tertiary/aromatic N) is 1. The van der Waals surface area contributed by atoms with Crippen LogP contribution in [0.2, 0.25) is 0 Å². The SMILES string of the molecule is C.CC.CC(C)(C)C.CN1CCCC1C(C)(C)C.c1ccsc1. The van der Waals surface area contributed by atoms with Gasteiger partial charge in [-0.3, -0.25) is 0 Å². The van der Waals surface area contributed by atoms with Crippen molar-refractivity contribution < 1.29 is 0 Å². The molecule has 1 fully saturated rings. The van der Waals surface area contributed by atoms with Gasteiger partial charge in [0.2, 0.25) is 0 Å². The summed E-state index contributed by atoms with van der Waals surface area (Å²) in [4.78, 5) is 2.49. The average Bonchev–Trinajstić information content (AvgIpc) is 3.01. The number of hydrogen-bond donors (Lipinski definition) is 0. The first-order valence-electron chi connectivity index (χ1n) is 8.69. The van der Waals surface area contributed by atoms with E-state index in [2.05, 4.69) is 60.4 Å². The molecule has 2 rings (SSSR count). The van der Waals surface area contributed by atoms with Crippen LogP contribution in [0.3, 0.4) is 0 Å². The second kappa shape index (κ2) is 14.0. The second-order valence-corrected chi connectivity index (χ2v) is 9.11. The minimum absolute atomic E-state index is 0. The minimum atomic E-state index is 0. The van der Waals surface area contributed by atoms with Gasteiger partial charge in [-0.2, -0.15) is 11.3 Å². The predicted molar refractivity (Wildman–Crippen MR) is 113 cm³/mol. The number of thiophene rings is 1. The standard InChI is InChI=1S/C9H19N.C5H12.C4H4S.C2H6.CH4/c1-9(2,3)8-6-5-7-10(8)4;1-5(2,3)4;1-2-4-5-3-1;1-2;/h8H,5-7H2,1-4H3;1-4H3;1-4H;1-2H3;1H4. The maximum absolute atomic E-state index is 2.49. The van der Waals surface area contributed by atoms with Crippen molar-refractivity contribution in [3.63, 3.8) is 0 Å². The quantitative estimate of drug-likeness (QED) is 0.469. The molecule has 2 heteroatoms. The summed E-state index contributed by atoms with van der Waals surface area (Å²) in [6.07, 6.45) is 2.78. The van der Waals surface area contributed by atoms with E-state index in [1.165, 1.54) is 19.4 Å². The van der Waals surface area contributed by atoms with Crippen molar-refractivity contribution in [1.29, 1.82) is 0 Å². The predicted octanol–water partition coefficient (Wildman–Crippen LogP) is 7.59. The molecular formula is C21H45NS. The molecule has 0 aromatic carbocycles. The summed E-state index contributed by atoms with van der Waals surface area (Å²) >= 11 is 1.71. The Labute approximate surface area is 152 Å². The van der Waals surface area contributed by atoms with Crippen molar-refractivity contribution in [3.05, 3.63) is 22.9 Å². The summed E-state index contributed by atoms with van der Waals surface area (Å²) in [6.45, 7) is 21.0. The molecule has 2 heterocycles. The highest BCUT2D eigenvalue weighted by atomic mass is 32.1. The second-order valence-electron chi connectivity index (χ2n) is 8.30. The van der Waals surface area contributed by atoms with Gasteiger partial charge in [-0.15, -0.1) is 0 Å². The molecule has 0 spiro atoms. The van der Waals surface area contributed by atoms with E-state index in [4.69, 9.17) is 0 Å². The molecule has 0 saturated carbocycles. The molecule has 1 saturated heterocycles. The lowest BCUT2D eigenvalue weighted by Crippen LogP contribution is -2.36. The van der Waals surface area contributed by atoms with Crippen LogP contribution in [0.25, 0.3) is 0 Å². The molecule has 0 N–H and O–H groups in total. The third-order valence-corrected chi connectivity index (χ3v) is 3.57. The van der Waals surface area contributed by atoms with Crippen molar-refractivity contribution in [3.8, 4) is 0 Å². The molecule has 0 radical (unpaired) electrons. The fourth-order valence-electron chi connectivity index (χ4n) is 2.23. The summed E-state index contributed by atoms with van der Waals surface area (Å²) in [7, 11) is 2.24. The highest BCUT2D eigenvalue weighted by Crippen LogP contribution is 2.31. The monoisotopic (exact) mass is 343 g/mol. The van der Waals surface area contributed by atoms with Crippen LogP contribution in [-0.4, -0.2) is 24.5 Å². The zero-order chi connectivity index (χ0) is 17.8. The van der Waals surface area contributed by atoms with Crippen molar-refractivity contribution in [2.24, 2.45) is 10.8 Å². The first kappa shape index (κ1) is 27.5. The molecule has 140 valence electrons. The molecule has 23 heavy (non-hydrogen) atoms. The Hall–Kier alpha value is -0.340. The van der Waals surface area contributed by atoms with E-state index in [1.807, 2.05) is 36.7 Å². The third-order valence-electron chi connectivity index (χ3n) is 2.95. The molecule has 1 aromatic rings. The first-order chi connectivity index (χ1) is 10.0. The molecule has 0 aliphatic carbocycles. The Morgan fingerprint density at radius 2 is 1.30 bits per heavy atom. The number of rotatable bonds is 0. The topological polar surface area (TPSA) is 3.24 Å². The van der Waals surface area contributed by atoms with Crippen LogP contribution in [0, 0.1) is 10.8 Å². The highest BCUT2D eigenvalue weighted by molar-refractivity contribution is 7.07. The molecule has 1 aliphatic rings. The Bertz CT molecular complexity index is 293. The van der Waals surface area contributed by atoms with Crippen LogP contribution in [0.15, 0.2) is 22.9 Å². The maximum atomic E-state index is 2.49. The van der Waals surface area contributed by atoms with Crippen LogP contribution >= 0.6 is 11.3 Å². The molecule has 1 atom stereocenters. The molecule has 1 aromatic heterocycles. The van der Waals surface area contributed by atoms with Crippen LogP contribution in [0.4, 0.5) is 0 Å². The summed E-state index contributed by atoms with van der Waals surface area (Å²) in [5.74, 6) is 0. The van der Waals surface area contributed by atoms with E-state index >= 15 is 0 Å². The zero-order valence-corrected chi connectivity index (χ0v) is 17.7. The van der Waals surface area contributed by atoms with Crippen molar-refractivity contribution in [2.45, 2.75) is 88.6 Å². The zero-order valence-electron chi connectivity index (χ0n) is 16.9. The van der Waals surface area contributed by atoms with E-state index in [0.717, 1.165) is 6.04 Å². The van der Waals surface area contributed by atoms with Crippen molar-refractivity contribution in [1.82, 2.24) is 4.90 Å². The van der Waals surface area contributed by atoms with E-state index in [-0.39, 0.29) is 7.43 Å². The van der Waals surface area contributed by atoms with Crippen molar-refractivity contribution in [2.75, 3.05) is 13.6 Å². The summed E-state index contributed by atoms with van der Waals surface area (Å²) in [6, 6.07) is 4.85. The molecular weight excluding hydrogens is 298 g/mol. The minimum Gasteiger partial charge on any atom is -0.303 e. The summed E-state index contributed by atoms with van der Waals surface area (Å²) in [5.41, 5.74) is 0.977. The fraction of sp³-hybridized carbons (Fsp3) is 0.810. The van der Waals surface area contributed by atoms with Gasteiger partial charge >= 0.3 is 0 Å². The van der Waals surface area contributed by atoms with E-state index in [1.54, 1.807) is 11.3 Å². The maximum Gasteiger partial charge on any atom is 0.0141 e. The first-order valence-corrected chi connectivity index (χ1v) is 9.63. The fourth-order valence-corrected chi connectivity index (χ4v) is 2.68. The average molecular weight is 344 g/mol. The largest absolute Gasteiger partial charge is 0.303 e. The molecule has 1 nitrogen and oxygen atoms in total. The molecule has 1 unspecified atom stereocenters. The van der Waals surface area contributed by atoms with E-state index in [0.29, 0.717) is 10.8 Å². The summed E-state index contributed by atoms with van der Waals surface area (Å²) < 4.78 is 0. The lowest BCUT2D eigenvalue weighted by molar-refractivity contribution is 0.169. The normalized spacial score (nSPS) is 17.4. The smallest absolute Gasteiger partial charge is 0.0141 e. The lowest BCUT2D eigenvalue weighted by Gasteiger charge is -2.32. The van der Waals surface area contributed by atoms with E-state index in [9.17, 15) is 0 Å². The van der Waals surface area contributed by atoms with Crippen LogP contribution < -0.4 is 0 Å². The van der Waals surface area contributed by atoms with Crippen LogP contribution in [-0.2, 0) is 0 Å². The Morgan fingerprint density at radius 1 is 0.913 bits per heavy atom. The Morgan fingerprint density at radius 3 is 1.43 bits per heavy atom. The van der Waals surface area contributed by atoms with Gasteiger partial charge in [0.25, 0.3) is 0 Å². The molecule has 0 amide bonds. The van der Waals surface area contributed by atoms with Gasteiger partial charge in [-0.1, -0.05) is 81.9 Å². The van der Waals surface area contributed by atoms with Gasteiger partial charge in [-0.25, -0.2) is 0 Å². The van der Waals surface area contributed by atoms with E-state index < -0.39 is 0 Å². The van der Waals surface area contributed by atoms with Crippen LogP contribution in [0.5, 0.6) is 0 Å². The van der Waals surface area contributed by atoms with Gasteiger partial charge in [0.15, 0.2) is 0 Å². The number of likely N-dealkylation sites (tertiary alicyclic amines) is 1. The Balaban J connectivity index is -0.000000263. The summed E-state index contributed by atoms with van der Waals surface area (Å²) in [5, 5.41) is 4.08. The van der Waals surface area contributed by atoms with Crippen LogP contribution in [0.1, 0.15) is 82.6 Å².